The molecule has 0 saturated heterocycles. The van der Waals surface area contributed by atoms with E-state index in [9.17, 15) is 0 Å². The summed E-state index contributed by atoms with van der Waals surface area (Å²) >= 11 is 0. The van der Waals surface area contributed by atoms with Gasteiger partial charge in [-0.3, -0.25) is 4.68 Å². The van der Waals surface area contributed by atoms with E-state index >= 15 is 0 Å². The van der Waals surface area contributed by atoms with Crippen molar-refractivity contribution < 1.29 is 0 Å². The van der Waals surface area contributed by atoms with Gasteiger partial charge >= 0.3 is 0 Å². The number of aryl methyl sites for hydroxylation is 4. The number of hydrogen-bond donors (Lipinski definition) is 1. The minimum Gasteiger partial charge on any atom is -0.309 e. The van der Waals surface area contributed by atoms with Crippen LogP contribution in [0.25, 0.3) is 0 Å². The Morgan fingerprint density at radius 1 is 1.17 bits per heavy atom. The van der Waals surface area contributed by atoms with Crippen LogP contribution in [0.2, 0.25) is 0 Å². The van der Waals surface area contributed by atoms with Crippen LogP contribution in [0.1, 0.15) is 33.9 Å². The molecule has 0 amide bonds. The van der Waals surface area contributed by atoms with E-state index in [2.05, 4.69) is 49.5 Å². The predicted molar refractivity (Wildman–Crippen MR) is 74.8 cm³/mol. The molecule has 0 aliphatic heterocycles. The van der Waals surface area contributed by atoms with Gasteiger partial charge in [0.05, 0.1) is 12.2 Å². The molecule has 0 bridgehead atoms. The molecule has 96 valence electrons. The van der Waals surface area contributed by atoms with Crippen molar-refractivity contribution >= 4 is 0 Å². The Balaban J connectivity index is 2.51. The molecule has 2 aromatic rings. The van der Waals surface area contributed by atoms with Crippen LogP contribution in [0.15, 0.2) is 24.5 Å². The van der Waals surface area contributed by atoms with Crippen LogP contribution >= 0.6 is 0 Å². The molecule has 1 unspecified atom stereocenters. The van der Waals surface area contributed by atoms with Gasteiger partial charge in [0.25, 0.3) is 0 Å². The molecule has 0 spiro atoms. The average molecular weight is 243 g/mol. The molecule has 1 heterocycles. The van der Waals surface area contributed by atoms with E-state index in [0.717, 1.165) is 0 Å². The second-order valence-corrected chi connectivity index (χ2v) is 4.98. The van der Waals surface area contributed by atoms with Gasteiger partial charge < -0.3 is 5.32 Å². The summed E-state index contributed by atoms with van der Waals surface area (Å²) in [5.41, 5.74) is 6.53. The summed E-state index contributed by atoms with van der Waals surface area (Å²) in [5.74, 6) is 0. The molecular formula is C15H21N3. The van der Waals surface area contributed by atoms with E-state index in [1.807, 2.05) is 25.0 Å². The van der Waals surface area contributed by atoms with E-state index in [-0.39, 0.29) is 6.04 Å². The van der Waals surface area contributed by atoms with Crippen LogP contribution < -0.4 is 5.32 Å². The highest BCUT2D eigenvalue weighted by molar-refractivity contribution is 5.43. The molecule has 3 nitrogen and oxygen atoms in total. The molecule has 0 saturated carbocycles. The van der Waals surface area contributed by atoms with Gasteiger partial charge in [0.2, 0.25) is 0 Å². The zero-order valence-electron chi connectivity index (χ0n) is 11.8. The van der Waals surface area contributed by atoms with Gasteiger partial charge in [-0.25, -0.2) is 0 Å². The van der Waals surface area contributed by atoms with Crippen molar-refractivity contribution in [1.29, 1.82) is 0 Å². The minimum atomic E-state index is 0.208. The summed E-state index contributed by atoms with van der Waals surface area (Å²) in [4.78, 5) is 0. The molecule has 18 heavy (non-hydrogen) atoms. The number of nitrogens with one attached hydrogen (secondary N) is 1. The van der Waals surface area contributed by atoms with Gasteiger partial charge in [0.15, 0.2) is 0 Å². The Kier molecular flexibility index (Phi) is 3.53. The predicted octanol–water partition coefficient (Wildman–Crippen LogP) is 2.65. The maximum absolute atomic E-state index is 4.26. The molecule has 1 aromatic heterocycles. The summed E-state index contributed by atoms with van der Waals surface area (Å²) in [5, 5.41) is 7.66. The highest BCUT2D eigenvalue weighted by atomic mass is 15.2. The standard InChI is InChI=1S/C15H21N3/c1-10-6-11(2)14(12(3)7-10)15(16-4)13-8-17-18(5)9-13/h6-9,15-16H,1-5H3. The quantitative estimate of drug-likeness (QED) is 0.898. The molecule has 0 fully saturated rings. The Bertz CT molecular complexity index is 532. The number of aromatic nitrogens is 2. The molecule has 3 heteroatoms. The van der Waals surface area contributed by atoms with E-state index in [1.165, 1.54) is 27.8 Å². The van der Waals surface area contributed by atoms with E-state index < -0.39 is 0 Å². The summed E-state index contributed by atoms with van der Waals surface area (Å²) in [7, 11) is 3.95. The molecule has 1 atom stereocenters. The lowest BCUT2D eigenvalue weighted by Gasteiger charge is -2.20. The second-order valence-electron chi connectivity index (χ2n) is 4.98. The van der Waals surface area contributed by atoms with Crippen LogP contribution in [0.3, 0.4) is 0 Å². The lowest BCUT2D eigenvalue weighted by atomic mass is 9.91. The first-order valence-corrected chi connectivity index (χ1v) is 6.26. The van der Waals surface area contributed by atoms with Crippen molar-refractivity contribution in [3.8, 4) is 0 Å². The molecule has 0 radical (unpaired) electrons. The number of nitrogens with zero attached hydrogens (tertiary/aromatic N) is 2. The first kappa shape index (κ1) is 12.8. The molecule has 2 rings (SSSR count). The molecular weight excluding hydrogens is 222 g/mol. The fourth-order valence-electron chi connectivity index (χ4n) is 2.71. The van der Waals surface area contributed by atoms with Gasteiger partial charge in [-0.05, 0) is 44.5 Å². The zero-order chi connectivity index (χ0) is 13.3. The molecule has 1 N–H and O–H groups in total. The maximum Gasteiger partial charge on any atom is 0.0610 e. The van der Waals surface area contributed by atoms with Gasteiger partial charge in [-0.15, -0.1) is 0 Å². The largest absolute Gasteiger partial charge is 0.309 e. The van der Waals surface area contributed by atoms with Crippen molar-refractivity contribution in [3.63, 3.8) is 0 Å². The number of benzene rings is 1. The zero-order valence-corrected chi connectivity index (χ0v) is 11.8. The third-order valence-electron chi connectivity index (χ3n) is 3.37. The monoisotopic (exact) mass is 243 g/mol. The highest BCUT2D eigenvalue weighted by Gasteiger charge is 2.18. The van der Waals surface area contributed by atoms with Crippen LogP contribution in [0.5, 0.6) is 0 Å². The molecule has 0 aliphatic rings. The number of rotatable bonds is 3. The highest BCUT2D eigenvalue weighted by Crippen LogP contribution is 2.28. The lowest BCUT2D eigenvalue weighted by Crippen LogP contribution is -2.19. The summed E-state index contributed by atoms with van der Waals surface area (Å²) < 4.78 is 1.85. The summed E-state index contributed by atoms with van der Waals surface area (Å²) in [6.45, 7) is 6.49. The Labute approximate surface area is 109 Å². The summed E-state index contributed by atoms with van der Waals surface area (Å²) in [6.07, 6.45) is 4.00. The first-order valence-electron chi connectivity index (χ1n) is 6.26. The van der Waals surface area contributed by atoms with Gasteiger partial charge in [-0.1, -0.05) is 17.7 Å². The van der Waals surface area contributed by atoms with Crippen molar-refractivity contribution in [3.05, 3.63) is 52.3 Å². The Hall–Kier alpha value is -1.61. The fourth-order valence-corrected chi connectivity index (χ4v) is 2.71. The fraction of sp³-hybridized carbons (Fsp3) is 0.400. The van der Waals surface area contributed by atoms with Crippen LogP contribution in [0, 0.1) is 20.8 Å². The van der Waals surface area contributed by atoms with Crippen molar-refractivity contribution in [2.24, 2.45) is 7.05 Å². The normalized spacial score (nSPS) is 12.7. The second kappa shape index (κ2) is 4.94. The molecule has 1 aromatic carbocycles. The third kappa shape index (κ3) is 2.31. The maximum atomic E-state index is 4.26. The van der Waals surface area contributed by atoms with Crippen LogP contribution in [-0.2, 0) is 7.05 Å². The van der Waals surface area contributed by atoms with Gasteiger partial charge in [-0.2, -0.15) is 5.10 Å². The topological polar surface area (TPSA) is 29.9 Å². The minimum absolute atomic E-state index is 0.208. The first-order chi connectivity index (χ1) is 8.52. The van der Waals surface area contributed by atoms with E-state index in [1.54, 1.807) is 0 Å². The van der Waals surface area contributed by atoms with Gasteiger partial charge in [0.1, 0.15) is 0 Å². The summed E-state index contributed by atoms with van der Waals surface area (Å²) in [6, 6.07) is 4.69. The number of hydrogen-bond acceptors (Lipinski definition) is 2. The SMILES string of the molecule is CNC(c1cnn(C)c1)c1c(C)cc(C)cc1C. The van der Waals surface area contributed by atoms with E-state index in [0.29, 0.717) is 0 Å². The van der Waals surface area contributed by atoms with Crippen LogP contribution in [0.4, 0.5) is 0 Å². The third-order valence-corrected chi connectivity index (χ3v) is 3.37. The van der Waals surface area contributed by atoms with Crippen LogP contribution in [-0.4, -0.2) is 16.8 Å². The van der Waals surface area contributed by atoms with E-state index in [4.69, 9.17) is 0 Å². The van der Waals surface area contributed by atoms with Crippen molar-refractivity contribution in [2.75, 3.05) is 7.05 Å². The van der Waals surface area contributed by atoms with Gasteiger partial charge in [0, 0.05) is 18.8 Å². The Morgan fingerprint density at radius 3 is 2.22 bits per heavy atom. The van der Waals surface area contributed by atoms with Crippen molar-refractivity contribution in [1.82, 2.24) is 15.1 Å². The molecule has 0 aliphatic carbocycles. The smallest absolute Gasteiger partial charge is 0.0610 e. The van der Waals surface area contributed by atoms with Crippen molar-refractivity contribution in [2.45, 2.75) is 26.8 Å². The Morgan fingerprint density at radius 2 is 1.78 bits per heavy atom. The lowest BCUT2D eigenvalue weighted by molar-refractivity contribution is 0.680. The average Bonchev–Trinajstić information content (AvgIpc) is 2.69.